The van der Waals surface area contributed by atoms with Gasteiger partial charge in [-0.05, 0) is 56.0 Å². The highest BCUT2D eigenvalue weighted by Gasteiger charge is 2.27. The first-order valence-electron chi connectivity index (χ1n) is 14.0. The van der Waals surface area contributed by atoms with Crippen LogP contribution in [0.3, 0.4) is 0 Å². The number of nitrogens with zero attached hydrogens (tertiary/aromatic N) is 6. The zero-order valence-electron chi connectivity index (χ0n) is 23.5. The number of amides is 1. The molecule has 3 heterocycles. The minimum atomic E-state index is -0.488. The highest BCUT2D eigenvalue weighted by Crippen LogP contribution is 2.37. The van der Waals surface area contributed by atoms with Gasteiger partial charge in [0.1, 0.15) is 47.5 Å². The fourth-order valence-electron chi connectivity index (χ4n) is 5.25. The molecule has 3 N–H and O–H groups in total. The van der Waals surface area contributed by atoms with Crippen molar-refractivity contribution in [3.63, 3.8) is 0 Å². The maximum Gasteiger partial charge on any atom is 0.243 e. The van der Waals surface area contributed by atoms with Crippen LogP contribution < -0.4 is 20.5 Å². The first-order chi connectivity index (χ1) is 21.4. The molecule has 3 aromatic heterocycles. The predicted octanol–water partition coefficient (Wildman–Crippen LogP) is 5.77. The second-order valence-electron chi connectivity index (χ2n) is 10.4. The number of fused-ring (bicyclic) bond motifs is 1. The molecule has 2 aromatic carbocycles. The average Bonchev–Trinajstić information content (AvgIpc) is 3.42. The van der Waals surface area contributed by atoms with E-state index in [1.165, 1.54) is 24.5 Å². The third-order valence-corrected chi connectivity index (χ3v) is 7.94. The maximum atomic E-state index is 14.4. The summed E-state index contributed by atoms with van der Waals surface area (Å²) < 4.78 is 28.6. The van der Waals surface area contributed by atoms with Gasteiger partial charge in [-0.1, -0.05) is 6.58 Å². The third kappa shape index (κ3) is 6.61. The Hall–Kier alpha value is -4.66. The van der Waals surface area contributed by atoms with E-state index in [2.05, 4.69) is 31.8 Å². The van der Waals surface area contributed by atoms with Gasteiger partial charge in [0.2, 0.25) is 5.91 Å². The quantitative estimate of drug-likeness (QED) is 0.111. The van der Waals surface area contributed by atoms with Crippen molar-refractivity contribution in [2.75, 3.05) is 5.73 Å². The Morgan fingerprint density at radius 3 is 2.50 bits per heavy atom. The molecule has 0 aliphatic heterocycles. The van der Waals surface area contributed by atoms with Gasteiger partial charge >= 0.3 is 0 Å². The van der Waals surface area contributed by atoms with E-state index in [1.54, 1.807) is 30.6 Å². The monoisotopic (exact) mass is 706 g/mol. The topological polar surface area (TPSA) is 143 Å². The van der Waals surface area contributed by atoms with Crippen LogP contribution in [0.25, 0.3) is 22.3 Å². The maximum absolute atomic E-state index is 14.4. The highest BCUT2D eigenvalue weighted by molar-refractivity contribution is 14.1. The second kappa shape index (κ2) is 12.9. The summed E-state index contributed by atoms with van der Waals surface area (Å²) in [6, 6.07) is 11.7. The largest absolute Gasteiger partial charge is 0.489 e. The van der Waals surface area contributed by atoms with Gasteiger partial charge in [-0.15, -0.1) is 0 Å². The molecule has 0 radical (unpaired) electrons. The first-order valence-corrected chi connectivity index (χ1v) is 15.0. The van der Waals surface area contributed by atoms with Crippen molar-refractivity contribution in [3.05, 3.63) is 89.1 Å². The zero-order chi connectivity index (χ0) is 30.6. The highest BCUT2D eigenvalue weighted by atomic mass is 127. The van der Waals surface area contributed by atoms with Gasteiger partial charge in [0, 0.05) is 70.4 Å². The molecule has 44 heavy (non-hydrogen) atoms. The van der Waals surface area contributed by atoms with Gasteiger partial charge in [0.25, 0.3) is 0 Å². The Labute approximate surface area is 265 Å². The normalized spacial score (nSPS) is 16.4. The summed E-state index contributed by atoms with van der Waals surface area (Å²) in [7, 11) is 0. The molecule has 0 spiro atoms. The van der Waals surface area contributed by atoms with E-state index in [9.17, 15) is 9.18 Å². The van der Waals surface area contributed by atoms with Gasteiger partial charge in [-0.2, -0.15) is 5.10 Å². The molecular formula is C31H28FIN8O3. The molecule has 224 valence electrons. The number of benzene rings is 2. The van der Waals surface area contributed by atoms with E-state index in [0.29, 0.717) is 43.6 Å². The summed E-state index contributed by atoms with van der Waals surface area (Å²) >= 11 is 2.02. The molecule has 0 saturated heterocycles. The number of hydrogen-bond donors (Lipinski definition) is 2. The molecular weight excluding hydrogens is 678 g/mol. The van der Waals surface area contributed by atoms with Gasteiger partial charge in [0.05, 0.1) is 11.4 Å². The van der Waals surface area contributed by atoms with Crippen LogP contribution in [0.1, 0.15) is 37.3 Å². The molecule has 0 atom stereocenters. The van der Waals surface area contributed by atoms with Gasteiger partial charge in [0.15, 0.2) is 9.48 Å². The van der Waals surface area contributed by atoms with Crippen molar-refractivity contribution in [2.24, 2.45) is 0 Å². The number of carbonyl (C=O) groups excluding carboxylic acids is 1. The Morgan fingerprint density at radius 1 is 1.05 bits per heavy atom. The van der Waals surface area contributed by atoms with E-state index < -0.39 is 5.82 Å². The van der Waals surface area contributed by atoms with E-state index in [4.69, 9.17) is 20.3 Å². The number of nitrogen functional groups attached to an aromatic ring is 1. The Morgan fingerprint density at radius 2 is 1.77 bits per heavy atom. The molecule has 1 saturated carbocycles. The van der Waals surface area contributed by atoms with E-state index in [1.807, 2.05) is 39.4 Å². The summed E-state index contributed by atoms with van der Waals surface area (Å²) in [4.78, 5) is 28.7. The number of halogens is 2. The fourth-order valence-corrected chi connectivity index (χ4v) is 5.53. The number of rotatable bonds is 9. The van der Waals surface area contributed by atoms with Crippen LogP contribution in [0.5, 0.6) is 17.2 Å². The lowest BCUT2D eigenvalue weighted by atomic mass is 9.91. The molecule has 0 unspecified atom stereocenters. The number of ether oxygens (including phenoxy) is 2. The van der Waals surface area contributed by atoms with Crippen LogP contribution in [0.15, 0.2) is 73.8 Å². The lowest BCUT2D eigenvalue weighted by Crippen LogP contribution is -2.37. The lowest BCUT2D eigenvalue weighted by Gasteiger charge is -2.29. The van der Waals surface area contributed by atoms with E-state index in [0.717, 1.165) is 36.8 Å². The Balaban J connectivity index is 1.19. The van der Waals surface area contributed by atoms with Crippen LogP contribution in [0, 0.1) is 9.65 Å². The second-order valence-corrected chi connectivity index (χ2v) is 11.3. The summed E-state index contributed by atoms with van der Waals surface area (Å²) in [6.45, 7) is 3.72. The molecule has 6 rings (SSSR count). The molecule has 1 aliphatic carbocycles. The number of nitrogens with one attached hydrogen (secondary N) is 1. The lowest BCUT2D eigenvalue weighted by molar-refractivity contribution is -0.117. The molecule has 1 fully saturated rings. The van der Waals surface area contributed by atoms with Crippen LogP contribution >= 0.6 is 22.6 Å². The van der Waals surface area contributed by atoms with Crippen molar-refractivity contribution in [1.29, 1.82) is 0 Å². The molecule has 0 bridgehead atoms. The first kappa shape index (κ1) is 29.4. The summed E-state index contributed by atoms with van der Waals surface area (Å²) in [5.41, 5.74) is 9.21. The van der Waals surface area contributed by atoms with E-state index in [-0.39, 0.29) is 24.6 Å². The number of carbonyl (C=O) groups is 1. The van der Waals surface area contributed by atoms with Crippen molar-refractivity contribution in [3.8, 4) is 28.5 Å². The number of anilines is 1. The van der Waals surface area contributed by atoms with Gasteiger partial charge < -0.3 is 20.5 Å². The van der Waals surface area contributed by atoms with Crippen molar-refractivity contribution in [2.45, 2.75) is 44.4 Å². The van der Waals surface area contributed by atoms with Crippen LogP contribution in [0.2, 0.25) is 0 Å². The fraction of sp³-hybridized carbons (Fsp3) is 0.226. The minimum absolute atomic E-state index is 0.0996. The van der Waals surface area contributed by atoms with E-state index >= 15 is 0 Å². The third-order valence-electron chi connectivity index (χ3n) is 7.38. The van der Waals surface area contributed by atoms with Crippen molar-refractivity contribution in [1.82, 2.24) is 35.0 Å². The van der Waals surface area contributed by atoms with Crippen LogP contribution in [0.4, 0.5) is 10.2 Å². The predicted molar refractivity (Wildman–Crippen MR) is 170 cm³/mol. The summed E-state index contributed by atoms with van der Waals surface area (Å²) in [5.74, 6) is 0.806. The SMILES string of the molecule is C=CC(=O)NC1CCC(n2nc(-c3ccc(Oc4cc(F)cc(OCc5cnc(I)nc5)c4)cc3)c3c(N)ncnc32)CC1. The van der Waals surface area contributed by atoms with Crippen LogP contribution in [-0.4, -0.2) is 41.7 Å². The van der Waals surface area contributed by atoms with Gasteiger partial charge in [-0.3, -0.25) is 4.79 Å². The Kier molecular flexibility index (Phi) is 8.63. The molecule has 1 aliphatic rings. The molecule has 13 heteroatoms. The van der Waals surface area contributed by atoms with Crippen molar-refractivity contribution >= 4 is 45.3 Å². The molecule has 5 aromatic rings. The van der Waals surface area contributed by atoms with Crippen LogP contribution in [-0.2, 0) is 11.4 Å². The van der Waals surface area contributed by atoms with Gasteiger partial charge in [-0.25, -0.2) is 29.0 Å². The number of hydrogen-bond acceptors (Lipinski definition) is 9. The smallest absolute Gasteiger partial charge is 0.243 e. The number of aromatic nitrogens is 6. The molecule has 11 nitrogen and oxygen atoms in total. The molecule has 1 amide bonds. The standard InChI is InChI=1S/C31H28FIN8O3/c1-2-26(42)39-21-5-7-22(8-6-21)41-30-27(29(34)37-17-38-30)28(40-41)19-3-9-23(10-4-19)44-25-12-20(32)11-24(13-25)43-16-18-14-35-31(33)36-15-18/h2-4,9-15,17,21-22H,1,5-8,16H2,(H,39,42)(H2,34,37,38). The summed E-state index contributed by atoms with van der Waals surface area (Å²) in [6.07, 6.45) is 9.35. The minimum Gasteiger partial charge on any atom is -0.489 e. The Bertz CT molecular complexity index is 1810. The summed E-state index contributed by atoms with van der Waals surface area (Å²) in [5, 5.41) is 8.61. The zero-order valence-corrected chi connectivity index (χ0v) is 25.6. The number of nitrogens with two attached hydrogens (primary N) is 1. The average molecular weight is 707 g/mol. The van der Waals surface area contributed by atoms with Crippen molar-refractivity contribution < 1.29 is 18.7 Å².